The molecule has 13 heteroatoms. The summed E-state index contributed by atoms with van der Waals surface area (Å²) in [6.45, 7) is 30.5. The zero-order chi connectivity index (χ0) is 29.3. The molecular weight excluding hydrogens is 534 g/mol. The maximum absolute atomic E-state index is 12.6. The van der Waals surface area contributed by atoms with Gasteiger partial charge in [-0.2, -0.15) is 0 Å². The lowest BCUT2D eigenvalue weighted by molar-refractivity contribution is -1.03. The minimum Gasteiger partial charge on any atom is -0.340 e. The molecule has 0 aromatic carbocycles. The van der Waals surface area contributed by atoms with Crippen molar-refractivity contribution in [3.63, 3.8) is 0 Å². The Bertz CT molecular complexity index is 1040. The van der Waals surface area contributed by atoms with Gasteiger partial charge in [-0.1, -0.05) is 0 Å². The van der Waals surface area contributed by atoms with E-state index in [1.54, 1.807) is 7.05 Å². The highest BCUT2D eigenvalue weighted by Gasteiger charge is 2.47. The molecule has 6 heterocycles. The first-order valence-electron chi connectivity index (χ1n) is 16.5. The quantitative estimate of drug-likeness (QED) is 0.133. The van der Waals surface area contributed by atoms with Crippen molar-refractivity contribution < 1.29 is 22.9 Å². The largest absolute Gasteiger partial charge is 0.353 e. The van der Waals surface area contributed by atoms with Gasteiger partial charge in [0.15, 0.2) is 0 Å². The molecule has 0 aliphatic carbocycles. The van der Waals surface area contributed by atoms with E-state index >= 15 is 0 Å². The average Bonchev–Trinajstić information content (AvgIpc) is 3.03. The number of rotatable bonds is 4. The molecule has 0 aromatic rings. The number of quaternary nitrogens is 4. The van der Waals surface area contributed by atoms with E-state index in [1.165, 1.54) is 87.5 Å². The lowest BCUT2D eigenvalue weighted by Crippen LogP contribution is -2.73. The molecule has 2 N–H and O–H groups in total. The third-order valence-electron chi connectivity index (χ3n) is 12.2. The van der Waals surface area contributed by atoms with E-state index in [9.17, 15) is 10.1 Å². The van der Waals surface area contributed by atoms with E-state index in [-0.39, 0.29) is 10.6 Å². The van der Waals surface area contributed by atoms with Gasteiger partial charge in [-0.15, -0.1) is 0 Å². The Balaban J connectivity index is 1.09. The van der Waals surface area contributed by atoms with Crippen LogP contribution in [0, 0.1) is 10.1 Å². The maximum atomic E-state index is 12.6. The molecule has 0 bridgehead atoms. The summed E-state index contributed by atoms with van der Waals surface area (Å²) in [5.41, 5.74) is 0.0299. The molecule has 0 saturated carbocycles. The smallest absolute Gasteiger partial charge is 0.340 e. The number of hydrogen-bond acceptors (Lipinski definition) is 7. The van der Waals surface area contributed by atoms with Crippen molar-refractivity contribution in [1.29, 1.82) is 0 Å². The number of piperazine rings is 6. The first-order chi connectivity index (χ1) is 20.3. The standard InChI is InChI=1S/C29H55N11O2/c1-30-28(34-7-15-39(16-8-34)23-19-37(20-24-39)11-3-32-4-12-37)27(36(41)42)29(31-2)35-9-17-40(18-10-35)25-21-38(22-26-40)13-5-33-6-14-38/h32-33H,1,3-26H2,2H3/q+4/b28-27-,31-29?. The van der Waals surface area contributed by atoms with Gasteiger partial charge in [0.1, 0.15) is 52.4 Å². The van der Waals surface area contributed by atoms with E-state index in [0.29, 0.717) is 11.7 Å². The summed E-state index contributed by atoms with van der Waals surface area (Å²) in [4.78, 5) is 25.5. The van der Waals surface area contributed by atoms with Crippen molar-refractivity contribution in [2.45, 2.75) is 0 Å². The molecule has 6 aliphatic rings. The number of nitro groups is 1. The van der Waals surface area contributed by atoms with Gasteiger partial charge in [0.2, 0.25) is 11.7 Å². The second kappa shape index (κ2) is 12.1. The van der Waals surface area contributed by atoms with Crippen molar-refractivity contribution in [2.24, 2.45) is 9.98 Å². The van der Waals surface area contributed by atoms with Gasteiger partial charge < -0.3 is 38.4 Å². The molecule has 0 radical (unpaired) electrons. The van der Waals surface area contributed by atoms with E-state index < -0.39 is 0 Å². The zero-order valence-corrected chi connectivity index (χ0v) is 26.0. The monoisotopic (exact) mass is 589 g/mol. The molecule has 6 fully saturated rings. The number of nitrogens with one attached hydrogen (secondary N) is 2. The molecule has 6 aliphatic heterocycles. The summed E-state index contributed by atoms with van der Waals surface area (Å²) in [5, 5.41) is 19.7. The van der Waals surface area contributed by atoms with Crippen molar-refractivity contribution in [1.82, 2.24) is 20.4 Å². The molecule has 0 unspecified atom stereocenters. The summed E-state index contributed by atoms with van der Waals surface area (Å²) in [7, 11) is 1.69. The summed E-state index contributed by atoms with van der Waals surface area (Å²) in [5.74, 6) is 0.874. The van der Waals surface area contributed by atoms with Crippen LogP contribution in [0.25, 0.3) is 0 Å². The van der Waals surface area contributed by atoms with Crippen molar-refractivity contribution in [2.75, 3.05) is 164 Å². The highest BCUT2D eigenvalue weighted by molar-refractivity contribution is 5.96. The Labute approximate surface area is 251 Å². The van der Waals surface area contributed by atoms with Crippen molar-refractivity contribution in [3.05, 3.63) is 21.6 Å². The predicted molar refractivity (Wildman–Crippen MR) is 165 cm³/mol. The van der Waals surface area contributed by atoms with Gasteiger partial charge in [-0.25, -0.2) is 4.99 Å². The second-order valence-electron chi connectivity index (χ2n) is 14.1. The first-order valence-corrected chi connectivity index (χ1v) is 16.5. The van der Waals surface area contributed by atoms with Crippen molar-refractivity contribution in [3.8, 4) is 0 Å². The first kappa shape index (κ1) is 29.9. The van der Waals surface area contributed by atoms with Crippen LogP contribution in [0.2, 0.25) is 0 Å². The third-order valence-corrected chi connectivity index (χ3v) is 12.2. The summed E-state index contributed by atoms with van der Waals surface area (Å²) < 4.78 is 4.83. The van der Waals surface area contributed by atoms with Crippen LogP contribution in [-0.2, 0) is 0 Å². The number of nitrogens with zero attached hydrogens (tertiary/aromatic N) is 9. The molecule has 0 atom stereocenters. The summed E-state index contributed by atoms with van der Waals surface area (Å²) in [6, 6.07) is 0. The SMILES string of the molecule is C=N/C(=C(\C(=NC)N1CC[N+]2(CC1)CC[N+]1(CCNCC1)CC2)[N+](=O)[O-])N1CC[N+]2(CC1)CC[N+]1(CCNCC1)CC2. The van der Waals surface area contributed by atoms with Crippen LogP contribution >= 0.6 is 0 Å². The molecule has 234 valence electrons. The average molecular weight is 590 g/mol. The van der Waals surface area contributed by atoms with Gasteiger partial charge in [0, 0.05) is 33.2 Å². The van der Waals surface area contributed by atoms with Crippen LogP contribution in [-0.4, -0.2) is 209 Å². The summed E-state index contributed by atoms with van der Waals surface area (Å²) in [6.07, 6.45) is 0. The van der Waals surface area contributed by atoms with Gasteiger partial charge >= 0.3 is 5.70 Å². The van der Waals surface area contributed by atoms with Gasteiger partial charge in [-0.3, -0.25) is 15.1 Å². The molecule has 42 heavy (non-hydrogen) atoms. The molecule has 6 saturated heterocycles. The fourth-order valence-electron chi connectivity index (χ4n) is 8.86. The Hall–Kier alpha value is -2.16. The van der Waals surface area contributed by atoms with E-state index in [1.807, 2.05) is 0 Å². The number of aliphatic imine (C=N–C) groups is 2. The Morgan fingerprint density at radius 3 is 1.33 bits per heavy atom. The van der Waals surface area contributed by atoms with Crippen LogP contribution in [0.5, 0.6) is 0 Å². The normalized spacial score (nSPS) is 29.5. The molecule has 4 spiro atoms. The molecule has 6 rings (SSSR count). The van der Waals surface area contributed by atoms with Gasteiger partial charge in [-0.05, 0) is 6.72 Å². The Morgan fingerprint density at radius 1 is 0.643 bits per heavy atom. The topological polar surface area (TPSA) is 98.4 Å². The zero-order valence-electron chi connectivity index (χ0n) is 26.0. The fraction of sp³-hybridized carbons (Fsp3) is 0.862. The molecule has 0 amide bonds. The van der Waals surface area contributed by atoms with E-state index in [0.717, 1.165) is 87.5 Å². The molecule has 13 nitrogen and oxygen atoms in total. The van der Waals surface area contributed by atoms with Crippen molar-refractivity contribution >= 4 is 12.6 Å². The second-order valence-corrected chi connectivity index (χ2v) is 14.1. The number of hydrogen-bond donors (Lipinski definition) is 2. The van der Waals surface area contributed by atoms with E-state index in [2.05, 4.69) is 37.1 Å². The minimum absolute atomic E-state index is 0.0299. The van der Waals surface area contributed by atoms with Crippen LogP contribution in [0.3, 0.4) is 0 Å². The Kier molecular flexibility index (Phi) is 8.60. The Morgan fingerprint density at radius 2 is 1.00 bits per heavy atom. The highest BCUT2D eigenvalue weighted by atomic mass is 16.6. The minimum atomic E-state index is -0.261. The number of amidine groups is 1. The highest BCUT2D eigenvalue weighted by Crippen LogP contribution is 2.27. The fourth-order valence-corrected chi connectivity index (χ4v) is 8.86. The predicted octanol–water partition coefficient (Wildman–Crippen LogP) is -1.71. The van der Waals surface area contributed by atoms with Crippen LogP contribution < -0.4 is 10.6 Å². The van der Waals surface area contributed by atoms with Gasteiger partial charge in [0.25, 0.3) is 0 Å². The summed E-state index contributed by atoms with van der Waals surface area (Å²) >= 11 is 0. The maximum Gasteiger partial charge on any atom is 0.353 e. The lowest BCUT2D eigenvalue weighted by Gasteiger charge is -2.53. The van der Waals surface area contributed by atoms with Crippen LogP contribution in [0.15, 0.2) is 21.5 Å². The lowest BCUT2D eigenvalue weighted by atomic mass is 10.1. The van der Waals surface area contributed by atoms with E-state index in [4.69, 9.17) is 0 Å². The van der Waals surface area contributed by atoms with Crippen LogP contribution in [0.1, 0.15) is 0 Å². The van der Waals surface area contributed by atoms with Gasteiger partial charge in [0.05, 0.1) is 83.5 Å². The molecule has 0 aromatic heterocycles. The molecular formula is C29H55N11O2+4. The van der Waals surface area contributed by atoms with Crippen LogP contribution in [0.4, 0.5) is 0 Å². The third kappa shape index (κ3) is 5.83.